The van der Waals surface area contributed by atoms with Crippen LogP contribution in [0.3, 0.4) is 0 Å². The number of hydrogen-bond donors (Lipinski definition) is 0. The first-order chi connectivity index (χ1) is 26.2. The first kappa shape index (κ1) is 30.4. The summed E-state index contributed by atoms with van der Waals surface area (Å²) in [6.45, 7) is 2.02. The summed E-state index contributed by atoms with van der Waals surface area (Å²) >= 11 is 0.170. The second kappa shape index (κ2) is 11.9. The van der Waals surface area contributed by atoms with Crippen LogP contribution in [0.4, 0.5) is 0 Å². The second-order valence-corrected chi connectivity index (χ2v) is 16.2. The van der Waals surface area contributed by atoms with Crippen LogP contribution >= 0.6 is 0 Å². The maximum absolute atomic E-state index is 6.28. The quantitative estimate of drug-likeness (QED) is 0.129. The first-order valence-electron chi connectivity index (χ1n) is 18.2. The molecule has 0 aliphatic rings. The second-order valence-electron chi connectivity index (χ2n) is 14.0. The van der Waals surface area contributed by atoms with Gasteiger partial charge in [-0.15, -0.1) is 0 Å². The van der Waals surface area contributed by atoms with E-state index in [1.54, 1.807) is 0 Å². The molecule has 0 saturated carbocycles. The summed E-state index contributed by atoms with van der Waals surface area (Å²) < 4.78 is 9.16. The molecule has 0 aliphatic heterocycles. The van der Waals surface area contributed by atoms with Gasteiger partial charge < -0.3 is 0 Å². The van der Waals surface area contributed by atoms with Crippen molar-refractivity contribution in [2.24, 2.45) is 0 Å². The Hall–Kier alpha value is -6.18. The molecule has 9 aromatic carbocycles. The van der Waals surface area contributed by atoms with Crippen molar-refractivity contribution in [2.75, 3.05) is 0 Å². The number of rotatable bonds is 4. The molecule has 0 spiro atoms. The number of fused-ring (bicyclic) bond motifs is 7. The summed E-state index contributed by atoms with van der Waals surface area (Å²) in [6.07, 6.45) is 0. The van der Waals surface area contributed by atoms with Gasteiger partial charge in [0.15, 0.2) is 0 Å². The van der Waals surface area contributed by atoms with Gasteiger partial charge in [-0.05, 0) is 0 Å². The maximum atomic E-state index is 6.28. The molecule has 11 aromatic rings. The zero-order valence-electron chi connectivity index (χ0n) is 29.1. The molecule has 11 rings (SSSR count). The zero-order valence-corrected chi connectivity index (χ0v) is 30.8. The monoisotopic (exact) mass is 740 g/mol. The molecule has 2 heteroatoms. The number of aryl methyl sites for hydroxylation is 1. The third kappa shape index (κ3) is 4.63. The van der Waals surface area contributed by atoms with Gasteiger partial charge in [0.25, 0.3) is 0 Å². The molecule has 0 N–H and O–H groups in total. The third-order valence-corrected chi connectivity index (χ3v) is 13.3. The molecule has 0 radical (unpaired) electrons. The number of furan rings is 1. The van der Waals surface area contributed by atoms with E-state index >= 15 is 0 Å². The van der Waals surface area contributed by atoms with Crippen LogP contribution in [0.5, 0.6) is 0 Å². The van der Waals surface area contributed by atoms with E-state index in [2.05, 4.69) is 176 Å². The van der Waals surface area contributed by atoms with Gasteiger partial charge in [0.2, 0.25) is 0 Å². The molecule has 0 saturated heterocycles. The van der Waals surface area contributed by atoms with Crippen molar-refractivity contribution in [3.8, 4) is 44.7 Å². The van der Waals surface area contributed by atoms with Crippen molar-refractivity contribution >= 4 is 76.9 Å². The van der Waals surface area contributed by atoms with Gasteiger partial charge in [0, 0.05) is 0 Å². The standard InChI is InChI=1S/C51H32OSe/c1-31-26-29-44(52-31)50-40-22-11-9-20-38(40)49(39-21-10-12-23-41(39)50)43-24-13-25-45-51(43)42-28-27-33(30-46(42)53-45)48-36-18-7-5-16-34(36)47(32-14-3-2-4-15-32)35-17-6-8-19-37(35)48/h2-30H,1H3. The van der Waals surface area contributed by atoms with Crippen LogP contribution in [-0.4, -0.2) is 14.5 Å². The van der Waals surface area contributed by atoms with Crippen molar-refractivity contribution in [3.63, 3.8) is 0 Å². The minimum atomic E-state index is 0.170. The summed E-state index contributed by atoms with van der Waals surface area (Å²) in [4.78, 5) is 0. The zero-order chi connectivity index (χ0) is 35.0. The molecule has 53 heavy (non-hydrogen) atoms. The Labute approximate surface area is 313 Å². The van der Waals surface area contributed by atoms with Crippen molar-refractivity contribution in [3.05, 3.63) is 182 Å². The van der Waals surface area contributed by atoms with E-state index in [0.717, 1.165) is 17.1 Å². The summed E-state index contributed by atoms with van der Waals surface area (Å²) in [5.41, 5.74) is 8.89. The molecular formula is C51H32OSe. The van der Waals surface area contributed by atoms with Crippen LogP contribution in [0.2, 0.25) is 0 Å². The number of hydrogen-bond acceptors (Lipinski definition) is 1. The Bertz CT molecular complexity index is 3120. The third-order valence-electron chi connectivity index (χ3n) is 11.0. The summed E-state index contributed by atoms with van der Waals surface area (Å²) in [5.74, 6) is 1.84. The molecule has 0 fully saturated rings. The molecule has 0 unspecified atom stereocenters. The van der Waals surface area contributed by atoms with Crippen LogP contribution in [0.25, 0.3) is 107 Å². The molecule has 248 valence electrons. The molecule has 0 aliphatic carbocycles. The predicted molar refractivity (Wildman–Crippen MR) is 227 cm³/mol. The Morgan fingerprint density at radius 2 is 0.868 bits per heavy atom. The molecule has 0 amide bonds. The van der Waals surface area contributed by atoms with Gasteiger partial charge in [0.1, 0.15) is 0 Å². The molecule has 2 heterocycles. The van der Waals surface area contributed by atoms with Gasteiger partial charge in [-0.25, -0.2) is 0 Å². The van der Waals surface area contributed by atoms with Crippen molar-refractivity contribution < 1.29 is 4.42 Å². The van der Waals surface area contributed by atoms with Crippen LogP contribution in [-0.2, 0) is 0 Å². The van der Waals surface area contributed by atoms with Crippen molar-refractivity contribution in [2.45, 2.75) is 6.92 Å². The topological polar surface area (TPSA) is 13.1 Å². The first-order valence-corrected chi connectivity index (χ1v) is 19.9. The fourth-order valence-electron chi connectivity index (χ4n) is 8.80. The van der Waals surface area contributed by atoms with E-state index in [1.807, 2.05) is 6.92 Å². The summed E-state index contributed by atoms with van der Waals surface area (Å²) in [7, 11) is 0. The van der Waals surface area contributed by atoms with Gasteiger partial charge in [-0.2, -0.15) is 0 Å². The fourth-order valence-corrected chi connectivity index (χ4v) is 11.3. The molecule has 1 nitrogen and oxygen atoms in total. The molecular weight excluding hydrogens is 708 g/mol. The average Bonchev–Trinajstić information content (AvgIpc) is 3.82. The Morgan fingerprint density at radius 1 is 0.358 bits per heavy atom. The van der Waals surface area contributed by atoms with E-state index in [4.69, 9.17) is 4.42 Å². The molecule has 0 bridgehead atoms. The Morgan fingerprint density at radius 3 is 1.42 bits per heavy atom. The SMILES string of the molecule is Cc1ccc(-c2c3ccccc3c(-c3cccc4[se]c5cc(-c6c7ccccc7c(-c7ccccc7)c7ccccc67)ccc5c34)c3ccccc23)o1. The fraction of sp³-hybridized carbons (Fsp3) is 0.0196. The Balaban J connectivity index is 1.18. The molecule has 2 aromatic heterocycles. The average molecular weight is 740 g/mol. The normalized spacial score (nSPS) is 11.9. The van der Waals surface area contributed by atoms with Gasteiger partial charge in [-0.1, -0.05) is 0 Å². The van der Waals surface area contributed by atoms with Gasteiger partial charge >= 0.3 is 315 Å². The van der Waals surface area contributed by atoms with Gasteiger partial charge in [0.05, 0.1) is 0 Å². The molecule has 0 atom stereocenters. The van der Waals surface area contributed by atoms with Crippen LogP contribution in [0, 0.1) is 6.92 Å². The van der Waals surface area contributed by atoms with E-state index in [0.29, 0.717) is 0 Å². The van der Waals surface area contributed by atoms with Crippen molar-refractivity contribution in [1.29, 1.82) is 0 Å². The van der Waals surface area contributed by atoms with E-state index in [9.17, 15) is 0 Å². The van der Waals surface area contributed by atoms with Crippen molar-refractivity contribution in [1.82, 2.24) is 0 Å². The Kier molecular flexibility index (Phi) is 6.86. The summed E-state index contributed by atoms with van der Waals surface area (Å²) in [6, 6.07) is 64.9. The van der Waals surface area contributed by atoms with E-state index < -0.39 is 0 Å². The van der Waals surface area contributed by atoms with Gasteiger partial charge in [-0.3, -0.25) is 0 Å². The van der Waals surface area contributed by atoms with Crippen LogP contribution in [0.15, 0.2) is 180 Å². The van der Waals surface area contributed by atoms with Crippen LogP contribution < -0.4 is 0 Å². The van der Waals surface area contributed by atoms with E-state index in [-0.39, 0.29) is 14.5 Å². The predicted octanol–water partition coefficient (Wildman–Crippen LogP) is 14.2. The van der Waals surface area contributed by atoms with E-state index in [1.165, 1.54) is 95.8 Å². The summed E-state index contributed by atoms with van der Waals surface area (Å²) in [5, 5.41) is 12.8. The number of benzene rings is 9. The van der Waals surface area contributed by atoms with Crippen LogP contribution in [0.1, 0.15) is 5.76 Å². The minimum absolute atomic E-state index is 0.170.